The van der Waals surface area contributed by atoms with Gasteiger partial charge in [-0.2, -0.15) is 0 Å². The van der Waals surface area contributed by atoms with E-state index in [1.165, 1.54) is 6.07 Å². The van der Waals surface area contributed by atoms with Gasteiger partial charge >= 0.3 is 17.7 Å². The number of nitrogens with one attached hydrogen (secondary N) is 1. The van der Waals surface area contributed by atoms with Crippen molar-refractivity contribution in [3.63, 3.8) is 0 Å². The largest absolute Gasteiger partial charge is 0.444 e. The van der Waals surface area contributed by atoms with Gasteiger partial charge in [-0.05, 0) is 51.0 Å². The van der Waals surface area contributed by atoms with E-state index < -0.39 is 23.3 Å². The van der Waals surface area contributed by atoms with Gasteiger partial charge in [0.2, 0.25) is 0 Å². The Bertz CT molecular complexity index is 1160. The number of benzene rings is 2. The molecule has 0 aliphatic carbocycles. The van der Waals surface area contributed by atoms with Crippen LogP contribution in [0.2, 0.25) is 0 Å². The molecular weight excluding hydrogens is 398 g/mol. The fraction of sp³-hybridized carbons (Fsp3) is 0.292. The summed E-state index contributed by atoms with van der Waals surface area (Å²) in [7, 11) is 0. The molecule has 0 aliphatic heterocycles. The molecule has 7 nitrogen and oxygen atoms in total. The minimum atomic E-state index is -0.712. The molecule has 1 amide bonds. The summed E-state index contributed by atoms with van der Waals surface area (Å²) in [5, 5.41) is 3.10. The second kappa shape index (κ2) is 9.04. The molecule has 0 saturated carbocycles. The number of esters is 1. The highest BCUT2D eigenvalue weighted by atomic mass is 16.6. The third-order valence-corrected chi connectivity index (χ3v) is 4.49. The van der Waals surface area contributed by atoms with Gasteiger partial charge in [-0.15, -0.1) is 0 Å². The van der Waals surface area contributed by atoms with Gasteiger partial charge in [0.25, 0.3) is 0 Å². The van der Waals surface area contributed by atoms with Crippen LogP contribution in [0.3, 0.4) is 0 Å². The van der Waals surface area contributed by atoms with E-state index in [4.69, 9.17) is 13.9 Å². The lowest BCUT2D eigenvalue weighted by molar-refractivity contribution is -0.133. The van der Waals surface area contributed by atoms with Crippen molar-refractivity contribution in [2.24, 2.45) is 0 Å². The first-order valence-electron chi connectivity index (χ1n) is 9.90. The van der Waals surface area contributed by atoms with Crippen molar-refractivity contribution in [3.8, 4) is 5.75 Å². The van der Waals surface area contributed by atoms with E-state index >= 15 is 0 Å². The van der Waals surface area contributed by atoms with Crippen LogP contribution in [0.1, 0.15) is 37.5 Å². The Balaban J connectivity index is 1.73. The summed E-state index contributed by atoms with van der Waals surface area (Å²) < 4.78 is 15.8. The molecule has 1 heterocycles. The summed E-state index contributed by atoms with van der Waals surface area (Å²) in [6.45, 7) is 6.68. The summed E-state index contributed by atoms with van der Waals surface area (Å²) in [4.78, 5) is 36.2. The maximum absolute atomic E-state index is 12.5. The minimum Gasteiger partial charge on any atom is -0.444 e. The molecule has 0 spiro atoms. The molecule has 0 radical (unpaired) electrons. The van der Waals surface area contributed by atoms with E-state index in [-0.39, 0.29) is 12.3 Å². The summed E-state index contributed by atoms with van der Waals surface area (Å²) in [6, 6.07) is 14.5. The van der Waals surface area contributed by atoms with Gasteiger partial charge in [0.05, 0.1) is 0 Å². The Labute approximate surface area is 180 Å². The highest BCUT2D eigenvalue weighted by Gasteiger charge is 2.18. The molecule has 7 heteroatoms. The average Bonchev–Trinajstić information content (AvgIpc) is 2.69. The Morgan fingerprint density at radius 2 is 1.77 bits per heavy atom. The Kier molecular flexibility index (Phi) is 6.44. The Morgan fingerprint density at radius 3 is 2.45 bits per heavy atom. The number of carbonyl (C=O) groups excluding carboxylic acids is 2. The highest BCUT2D eigenvalue weighted by Crippen LogP contribution is 2.25. The first-order valence-corrected chi connectivity index (χ1v) is 9.90. The quantitative estimate of drug-likeness (QED) is 0.377. The van der Waals surface area contributed by atoms with Crippen molar-refractivity contribution in [1.29, 1.82) is 0 Å². The second-order valence-electron chi connectivity index (χ2n) is 8.14. The van der Waals surface area contributed by atoms with Crippen molar-refractivity contribution in [1.82, 2.24) is 5.32 Å². The van der Waals surface area contributed by atoms with Crippen molar-refractivity contribution in [2.75, 3.05) is 6.54 Å². The van der Waals surface area contributed by atoms with E-state index in [0.717, 1.165) is 16.5 Å². The number of fused-ring (bicyclic) bond motifs is 1. The minimum absolute atomic E-state index is 0.210. The lowest BCUT2D eigenvalue weighted by atomic mass is 10.00. The maximum Gasteiger partial charge on any atom is 0.408 e. The zero-order valence-corrected chi connectivity index (χ0v) is 18.0. The van der Waals surface area contributed by atoms with Crippen LogP contribution in [0.25, 0.3) is 11.0 Å². The molecule has 1 aromatic heterocycles. The SMILES string of the molecule is Cc1c(Cc2ccccc2)c(=O)oc2cc(OC(=O)CNC(=O)OC(C)(C)C)ccc12. The molecule has 1 N–H and O–H groups in total. The van der Waals surface area contributed by atoms with Crippen molar-refractivity contribution < 1.29 is 23.5 Å². The van der Waals surface area contributed by atoms with Crippen molar-refractivity contribution in [3.05, 3.63) is 75.6 Å². The van der Waals surface area contributed by atoms with Gasteiger partial charge in [-0.1, -0.05) is 30.3 Å². The van der Waals surface area contributed by atoms with E-state index in [1.807, 2.05) is 37.3 Å². The van der Waals surface area contributed by atoms with Crippen LogP contribution in [-0.2, 0) is 16.0 Å². The third kappa shape index (κ3) is 5.94. The summed E-state index contributed by atoms with van der Waals surface area (Å²) in [6.07, 6.45) is -0.242. The molecule has 0 bridgehead atoms. The number of hydrogen-bond acceptors (Lipinski definition) is 6. The molecular formula is C24H25NO6. The molecule has 2 aromatic carbocycles. The van der Waals surface area contributed by atoms with Gasteiger partial charge in [0.15, 0.2) is 0 Å². The molecule has 31 heavy (non-hydrogen) atoms. The lowest BCUT2D eigenvalue weighted by Crippen LogP contribution is -2.36. The van der Waals surface area contributed by atoms with Gasteiger partial charge < -0.3 is 19.2 Å². The predicted octanol–water partition coefficient (Wildman–Crippen LogP) is 4.12. The number of rotatable bonds is 5. The molecule has 3 rings (SSSR count). The number of ether oxygens (including phenoxy) is 2. The monoisotopic (exact) mass is 423 g/mol. The number of amides is 1. The first-order chi connectivity index (χ1) is 14.6. The van der Waals surface area contributed by atoms with E-state index in [1.54, 1.807) is 32.9 Å². The summed E-state index contributed by atoms with van der Waals surface area (Å²) >= 11 is 0. The van der Waals surface area contributed by atoms with Crippen LogP contribution in [0.15, 0.2) is 57.7 Å². The lowest BCUT2D eigenvalue weighted by Gasteiger charge is -2.19. The van der Waals surface area contributed by atoms with Crippen molar-refractivity contribution >= 4 is 23.0 Å². The smallest absolute Gasteiger partial charge is 0.408 e. The van der Waals surface area contributed by atoms with Crippen LogP contribution in [0.5, 0.6) is 5.75 Å². The third-order valence-electron chi connectivity index (χ3n) is 4.49. The van der Waals surface area contributed by atoms with Crippen LogP contribution in [0, 0.1) is 6.92 Å². The van der Waals surface area contributed by atoms with Gasteiger partial charge in [0, 0.05) is 23.4 Å². The standard InChI is InChI=1S/C24H25NO6/c1-15-18-11-10-17(29-21(26)14-25-23(28)31-24(2,3)4)13-20(18)30-22(27)19(15)12-16-8-6-5-7-9-16/h5-11,13H,12,14H2,1-4H3,(H,25,28). The van der Waals surface area contributed by atoms with E-state index in [9.17, 15) is 14.4 Å². The number of alkyl carbamates (subject to hydrolysis) is 1. The fourth-order valence-corrected chi connectivity index (χ4v) is 3.07. The highest BCUT2D eigenvalue weighted by molar-refractivity contribution is 5.84. The normalized spacial score (nSPS) is 11.2. The van der Waals surface area contributed by atoms with Crippen LogP contribution >= 0.6 is 0 Å². The first kappa shape index (κ1) is 22.1. The molecule has 0 fully saturated rings. The van der Waals surface area contributed by atoms with Crippen LogP contribution in [0.4, 0.5) is 4.79 Å². The zero-order chi connectivity index (χ0) is 22.6. The Hall–Kier alpha value is -3.61. The second-order valence-corrected chi connectivity index (χ2v) is 8.14. The van der Waals surface area contributed by atoms with E-state index in [2.05, 4.69) is 5.32 Å². The summed E-state index contributed by atoms with van der Waals surface area (Å²) in [5.41, 5.74) is 1.65. The number of carbonyl (C=O) groups is 2. The average molecular weight is 423 g/mol. The molecule has 0 saturated heterocycles. The molecule has 0 aliphatic rings. The van der Waals surface area contributed by atoms with Gasteiger partial charge in [-0.25, -0.2) is 14.4 Å². The predicted molar refractivity (Wildman–Crippen MR) is 116 cm³/mol. The molecule has 162 valence electrons. The Morgan fingerprint density at radius 1 is 1.06 bits per heavy atom. The fourth-order valence-electron chi connectivity index (χ4n) is 3.07. The summed E-state index contributed by atoms with van der Waals surface area (Å²) in [5.74, 6) is -0.466. The van der Waals surface area contributed by atoms with Crippen LogP contribution in [-0.4, -0.2) is 24.2 Å². The molecule has 0 atom stereocenters. The molecule has 3 aromatic rings. The molecule has 0 unspecified atom stereocenters. The number of hydrogen-bond donors (Lipinski definition) is 1. The topological polar surface area (TPSA) is 94.8 Å². The van der Waals surface area contributed by atoms with Gasteiger partial charge in [0.1, 0.15) is 23.5 Å². The zero-order valence-electron chi connectivity index (χ0n) is 18.0. The van der Waals surface area contributed by atoms with E-state index in [0.29, 0.717) is 17.6 Å². The van der Waals surface area contributed by atoms with Gasteiger partial charge in [-0.3, -0.25) is 0 Å². The van der Waals surface area contributed by atoms with Crippen LogP contribution < -0.4 is 15.7 Å². The number of aryl methyl sites for hydroxylation is 1. The van der Waals surface area contributed by atoms with Crippen molar-refractivity contribution in [2.45, 2.75) is 39.7 Å². The maximum atomic E-state index is 12.5.